The van der Waals surface area contributed by atoms with Crippen LogP contribution in [-0.4, -0.2) is 36.9 Å². The van der Waals surface area contributed by atoms with Crippen molar-refractivity contribution in [3.8, 4) is 11.8 Å². The number of para-hydroxylation sites is 1. The van der Waals surface area contributed by atoms with Gasteiger partial charge >= 0.3 is 0 Å². The summed E-state index contributed by atoms with van der Waals surface area (Å²) in [5.74, 6) is 0.485. The maximum absolute atomic E-state index is 12.2. The van der Waals surface area contributed by atoms with Crippen LogP contribution in [0.1, 0.15) is 24.5 Å². The van der Waals surface area contributed by atoms with Crippen molar-refractivity contribution in [3.63, 3.8) is 0 Å². The molecule has 0 aliphatic carbocycles. The highest BCUT2D eigenvalue weighted by molar-refractivity contribution is 5.92. The lowest BCUT2D eigenvalue weighted by molar-refractivity contribution is -0.129. The second-order valence-electron chi connectivity index (χ2n) is 6.06. The first-order chi connectivity index (χ1) is 13.0. The molecule has 0 radical (unpaired) electrons. The summed E-state index contributed by atoms with van der Waals surface area (Å²) in [7, 11) is 1.62. The Morgan fingerprint density at radius 3 is 2.44 bits per heavy atom. The molecule has 0 aromatic heterocycles. The Balaban J connectivity index is 1.87. The van der Waals surface area contributed by atoms with Crippen LogP contribution in [0.2, 0.25) is 0 Å². The number of benzene rings is 2. The molecule has 0 heterocycles. The Morgan fingerprint density at radius 1 is 1.11 bits per heavy atom. The molecule has 140 valence electrons. The van der Waals surface area contributed by atoms with Gasteiger partial charge in [-0.25, -0.2) is 0 Å². The van der Waals surface area contributed by atoms with E-state index in [-0.39, 0.29) is 18.2 Å². The number of hydrogen-bond acceptors (Lipinski definition) is 4. The third-order valence-electron chi connectivity index (χ3n) is 4.21. The van der Waals surface area contributed by atoms with E-state index in [9.17, 15) is 9.59 Å². The number of carbonyl (C=O) groups excluding carboxylic acids is 2. The van der Waals surface area contributed by atoms with Gasteiger partial charge in [0.05, 0.1) is 18.4 Å². The van der Waals surface area contributed by atoms with E-state index >= 15 is 0 Å². The van der Waals surface area contributed by atoms with Crippen LogP contribution in [0.5, 0.6) is 5.75 Å². The molecule has 0 atom stereocenters. The molecule has 0 spiro atoms. The number of methoxy groups -OCH3 is 1. The maximum Gasteiger partial charge on any atom is 0.226 e. The van der Waals surface area contributed by atoms with Gasteiger partial charge in [-0.3, -0.25) is 9.59 Å². The van der Waals surface area contributed by atoms with E-state index in [0.29, 0.717) is 30.8 Å². The van der Waals surface area contributed by atoms with Gasteiger partial charge in [0.25, 0.3) is 0 Å². The Labute approximate surface area is 159 Å². The lowest BCUT2D eigenvalue weighted by atomic mass is 10.1. The van der Waals surface area contributed by atoms with Crippen molar-refractivity contribution in [2.45, 2.75) is 19.8 Å². The van der Waals surface area contributed by atoms with Crippen LogP contribution in [0, 0.1) is 11.3 Å². The van der Waals surface area contributed by atoms with E-state index in [1.165, 1.54) is 6.92 Å². The Kier molecular flexibility index (Phi) is 7.38. The fourth-order valence-corrected chi connectivity index (χ4v) is 2.62. The molecule has 2 rings (SSSR count). The zero-order chi connectivity index (χ0) is 19.6. The Morgan fingerprint density at radius 2 is 1.81 bits per heavy atom. The number of nitrogens with zero attached hydrogens (tertiary/aromatic N) is 2. The molecule has 0 saturated carbocycles. The minimum Gasteiger partial charge on any atom is -0.497 e. The highest BCUT2D eigenvalue weighted by Gasteiger charge is 2.12. The SMILES string of the molecule is COc1ccc(CCN(CCC(=O)Nc2ccccc2C#N)C(C)=O)cc1. The van der Waals surface area contributed by atoms with Gasteiger partial charge < -0.3 is 15.0 Å². The van der Waals surface area contributed by atoms with Crippen molar-refractivity contribution < 1.29 is 14.3 Å². The number of amides is 2. The molecule has 0 aliphatic heterocycles. The van der Waals surface area contributed by atoms with Gasteiger partial charge in [-0.2, -0.15) is 5.26 Å². The van der Waals surface area contributed by atoms with Crippen molar-refractivity contribution in [1.82, 2.24) is 4.90 Å². The summed E-state index contributed by atoms with van der Waals surface area (Å²) in [6.07, 6.45) is 0.865. The summed E-state index contributed by atoms with van der Waals surface area (Å²) in [6.45, 7) is 2.35. The molecular weight excluding hydrogens is 342 g/mol. The summed E-state index contributed by atoms with van der Waals surface area (Å²) >= 11 is 0. The second-order valence-corrected chi connectivity index (χ2v) is 6.06. The van der Waals surface area contributed by atoms with E-state index < -0.39 is 0 Å². The van der Waals surface area contributed by atoms with Crippen molar-refractivity contribution in [3.05, 3.63) is 59.7 Å². The summed E-state index contributed by atoms with van der Waals surface area (Å²) in [5, 5.41) is 11.8. The molecule has 2 amide bonds. The lowest BCUT2D eigenvalue weighted by Gasteiger charge is -2.21. The Bertz CT molecular complexity index is 825. The zero-order valence-electron chi connectivity index (χ0n) is 15.6. The molecule has 2 aromatic carbocycles. The van der Waals surface area contributed by atoms with Gasteiger partial charge in [-0.05, 0) is 36.2 Å². The van der Waals surface area contributed by atoms with Crippen LogP contribution in [0.4, 0.5) is 5.69 Å². The normalized spacial score (nSPS) is 9.96. The van der Waals surface area contributed by atoms with E-state index in [4.69, 9.17) is 10.00 Å². The Hall–Kier alpha value is -3.33. The van der Waals surface area contributed by atoms with E-state index in [1.54, 1.807) is 36.3 Å². The number of rotatable bonds is 8. The van der Waals surface area contributed by atoms with Gasteiger partial charge in [-0.15, -0.1) is 0 Å². The lowest BCUT2D eigenvalue weighted by Crippen LogP contribution is -2.33. The van der Waals surface area contributed by atoms with Gasteiger partial charge in [-0.1, -0.05) is 24.3 Å². The van der Waals surface area contributed by atoms with Crippen LogP contribution >= 0.6 is 0 Å². The standard InChI is InChI=1S/C21H23N3O3/c1-16(25)24(13-11-17-7-9-19(27-2)10-8-17)14-12-21(26)23-20-6-4-3-5-18(20)15-22/h3-10H,11-14H2,1-2H3,(H,23,26). The summed E-state index contributed by atoms with van der Waals surface area (Å²) in [4.78, 5) is 25.7. The molecular formula is C21H23N3O3. The van der Waals surface area contributed by atoms with Crippen LogP contribution < -0.4 is 10.1 Å². The first kappa shape index (κ1) is 20.0. The average Bonchev–Trinajstić information content (AvgIpc) is 2.68. The van der Waals surface area contributed by atoms with Crippen LogP contribution in [0.3, 0.4) is 0 Å². The zero-order valence-corrected chi connectivity index (χ0v) is 15.6. The van der Waals surface area contributed by atoms with Gasteiger partial charge in [0.15, 0.2) is 0 Å². The quantitative estimate of drug-likeness (QED) is 0.780. The third-order valence-corrected chi connectivity index (χ3v) is 4.21. The molecule has 0 unspecified atom stereocenters. The van der Waals surface area contributed by atoms with E-state index in [0.717, 1.165) is 11.3 Å². The maximum atomic E-state index is 12.2. The molecule has 0 aliphatic rings. The molecule has 6 heteroatoms. The molecule has 1 N–H and O–H groups in total. The molecule has 0 fully saturated rings. The second kappa shape index (κ2) is 9.97. The topological polar surface area (TPSA) is 82.4 Å². The number of hydrogen-bond donors (Lipinski definition) is 1. The first-order valence-corrected chi connectivity index (χ1v) is 8.71. The van der Waals surface area contributed by atoms with Crippen LogP contribution in [0.15, 0.2) is 48.5 Å². The predicted molar refractivity (Wildman–Crippen MR) is 103 cm³/mol. The summed E-state index contributed by atoms with van der Waals surface area (Å²) < 4.78 is 5.13. The van der Waals surface area contributed by atoms with Gasteiger partial charge in [0.2, 0.25) is 11.8 Å². The molecule has 6 nitrogen and oxygen atoms in total. The largest absolute Gasteiger partial charge is 0.497 e. The third kappa shape index (κ3) is 6.15. The van der Waals surface area contributed by atoms with Crippen LogP contribution in [0.25, 0.3) is 0 Å². The summed E-state index contributed by atoms with van der Waals surface area (Å²) in [5.41, 5.74) is 1.99. The monoisotopic (exact) mass is 365 g/mol. The number of ether oxygens (including phenoxy) is 1. The van der Waals surface area contributed by atoms with Crippen molar-refractivity contribution >= 4 is 17.5 Å². The fourth-order valence-electron chi connectivity index (χ4n) is 2.62. The number of carbonyl (C=O) groups is 2. The molecule has 0 saturated heterocycles. The number of nitrogens with one attached hydrogen (secondary N) is 1. The highest BCUT2D eigenvalue weighted by atomic mass is 16.5. The van der Waals surface area contributed by atoms with Crippen LogP contribution in [-0.2, 0) is 16.0 Å². The fraction of sp³-hybridized carbons (Fsp3) is 0.286. The van der Waals surface area contributed by atoms with Crippen molar-refractivity contribution in [2.75, 3.05) is 25.5 Å². The number of anilines is 1. The number of nitriles is 1. The molecule has 0 bridgehead atoms. The summed E-state index contributed by atoms with van der Waals surface area (Å²) in [6, 6.07) is 16.6. The highest BCUT2D eigenvalue weighted by Crippen LogP contribution is 2.14. The van der Waals surface area contributed by atoms with E-state index in [2.05, 4.69) is 5.32 Å². The smallest absolute Gasteiger partial charge is 0.226 e. The van der Waals surface area contributed by atoms with E-state index in [1.807, 2.05) is 30.3 Å². The minimum absolute atomic E-state index is 0.0752. The van der Waals surface area contributed by atoms with Crippen molar-refractivity contribution in [2.24, 2.45) is 0 Å². The van der Waals surface area contributed by atoms with Gasteiger partial charge in [0.1, 0.15) is 11.8 Å². The first-order valence-electron chi connectivity index (χ1n) is 8.71. The van der Waals surface area contributed by atoms with Gasteiger partial charge in [0, 0.05) is 26.4 Å². The minimum atomic E-state index is -0.228. The molecule has 2 aromatic rings. The molecule has 27 heavy (non-hydrogen) atoms. The average molecular weight is 365 g/mol. The predicted octanol–water partition coefficient (Wildman–Crippen LogP) is 2.99. The van der Waals surface area contributed by atoms with Crippen molar-refractivity contribution in [1.29, 1.82) is 5.26 Å².